The molecule has 0 unspecified atom stereocenters. The van der Waals surface area contributed by atoms with Crippen LogP contribution in [0.2, 0.25) is 0 Å². The number of phenolic OH excluding ortho intramolecular Hbond substituents is 1. The average Bonchev–Trinajstić information content (AvgIpc) is 3.79. The van der Waals surface area contributed by atoms with E-state index in [1.807, 2.05) is 11.6 Å². The highest BCUT2D eigenvalue weighted by atomic mass is 19.4. The third-order valence-corrected chi connectivity index (χ3v) is 12.6. The van der Waals surface area contributed by atoms with E-state index >= 15 is 8.78 Å². The van der Waals surface area contributed by atoms with Gasteiger partial charge >= 0.3 is 12.2 Å². The number of aryl methyl sites for hydroxylation is 2. The third-order valence-electron chi connectivity index (χ3n) is 12.6. The summed E-state index contributed by atoms with van der Waals surface area (Å²) in [7, 11) is 1.82. The molecule has 3 saturated heterocycles. The maximum Gasteiger partial charge on any atom is 0.389 e. The Balaban J connectivity index is 1.10. The fraction of sp³-hybridized carbons (Fsp3) is 0.564. The van der Waals surface area contributed by atoms with E-state index in [1.165, 1.54) is 12.1 Å². The molecule has 2 aromatic heterocycles. The monoisotopic (exact) mass is 723 g/mol. The van der Waals surface area contributed by atoms with Crippen LogP contribution in [0.15, 0.2) is 24.3 Å². The number of hydrogen-bond acceptors (Lipinski definition) is 7. The Hall–Kier alpha value is -3.84. The van der Waals surface area contributed by atoms with Crippen molar-refractivity contribution in [2.45, 2.75) is 89.0 Å². The zero-order chi connectivity index (χ0) is 36.1. The van der Waals surface area contributed by atoms with Crippen molar-refractivity contribution in [3.05, 3.63) is 47.2 Å². The summed E-state index contributed by atoms with van der Waals surface area (Å²) >= 11 is 0. The zero-order valence-corrected chi connectivity index (χ0v) is 29.5. The maximum atomic E-state index is 17.4. The van der Waals surface area contributed by atoms with Gasteiger partial charge in [0.15, 0.2) is 11.5 Å². The number of piperidine rings is 1. The highest BCUT2D eigenvalue weighted by molar-refractivity contribution is 6.01. The zero-order valence-electron chi connectivity index (χ0n) is 29.5. The molecule has 1 saturated carbocycles. The Morgan fingerprint density at radius 3 is 2.58 bits per heavy atom. The Morgan fingerprint density at radius 2 is 1.83 bits per heavy atom. The van der Waals surface area contributed by atoms with Crippen LogP contribution in [0.25, 0.3) is 32.9 Å². The van der Waals surface area contributed by atoms with Gasteiger partial charge in [-0.15, -0.1) is 0 Å². The molecule has 13 heteroatoms. The largest absolute Gasteiger partial charge is 0.508 e. The van der Waals surface area contributed by atoms with Gasteiger partial charge in [-0.05, 0) is 100 Å². The molecule has 0 radical (unpaired) electrons. The average molecular weight is 724 g/mol. The summed E-state index contributed by atoms with van der Waals surface area (Å²) in [5.74, 6) is -0.724. The van der Waals surface area contributed by atoms with Crippen LogP contribution in [0, 0.1) is 29.9 Å². The minimum Gasteiger partial charge on any atom is -0.508 e. The van der Waals surface area contributed by atoms with Crippen LogP contribution in [0.5, 0.6) is 11.8 Å². The summed E-state index contributed by atoms with van der Waals surface area (Å²) in [5.41, 5.74) is 1.81. The van der Waals surface area contributed by atoms with Gasteiger partial charge < -0.3 is 25.0 Å². The van der Waals surface area contributed by atoms with Crippen molar-refractivity contribution in [2.75, 3.05) is 37.7 Å². The molecule has 2 bridgehead atoms. The number of nitrogens with one attached hydrogen (secondary N) is 1. The minimum atomic E-state index is -4.13. The number of nitrogens with zero attached hydrogens (tertiary/aromatic N) is 5. The number of hydrogen-bond donors (Lipinski definition) is 2. The van der Waals surface area contributed by atoms with E-state index in [0.29, 0.717) is 78.1 Å². The first-order valence-electron chi connectivity index (χ1n) is 18.7. The van der Waals surface area contributed by atoms with Crippen LogP contribution >= 0.6 is 0 Å². The van der Waals surface area contributed by atoms with Crippen LogP contribution < -0.4 is 19.5 Å². The molecular formula is C39H44F5N6O2+. The van der Waals surface area contributed by atoms with Crippen molar-refractivity contribution < 1.29 is 36.4 Å². The lowest BCUT2D eigenvalue weighted by Crippen LogP contribution is -2.58. The molecule has 9 rings (SSSR count). The summed E-state index contributed by atoms with van der Waals surface area (Å²) in [4.78, 5) is 14.4. The highest BCUT2D eigenvalue weighted by Gasteiger charge is 2.47. The van der Waals surface area contributed by atoms with E-state index in [9.17, 15) is 18.3 Å². The first-order chi connectivity index (χ1) is 24.9. The second-order valence-electron chi connectivity index (χ2n) is 16.1. The predicted molar refractivity (Wildman–Crippen MR) is 186 cm³/mol. The molecule has 2 N–H and O–H groups in total. The molecule has 2 aromatic carbocycles. The quantitative estimate of drug-likeness (QED) is 0.164. The standard InChI is InChI=1S/C39H43F5N6O2/c1-21-27(40)5-3-23-15-25(51)16-26(31(21)23)35-33(41)34-32-30(48(35)2)8-7-29-28-6-4-24(45-28)18-50(29)36(32)47-37(46-34)52-20-38(11-12-38)19-49-13-9-22(10-14-49)17-39(42,43)44/h3,5,15-16,22,24,28-29,45H,4,6-14,17-20H2,1-2H3/p+1/t24-,28+,29-/m1/s1. The number of benzene rings is 2. The molecule has 4 aliphatic heterocycles. The van der Waals surface area contributed by atoms with Crippen molar-refractivity contribution in [3.63, 3.8) is 0 Å². The minimum absolute atomic E-state index is 0.0511. The molecule has 3 atom stereocenters. The Kier molecular flexibility index (Phi) is 8.07. The van der Waals surface area contributed by atoms with Gasteiger partial charge in [-0.3, -0.25) is 0 Å². The highest BCUT2D eigenvalue weighted by Crippen LogP contribution is 2.48. The number of ether oxygens (including phenoxy) is 1. The predicted octanol–water partition coefficient (Wildman–Crippen LogP) is 6.65. The number of rotatable bonds is 7. The second kappa shape index (κ2) is 12.4. The first-order valence-corrected chi connectivity index (χ1v) is 18.7. The Morgan fingerprint density at radius 1 is 1.04 bits per heavy atom. The summed E-state index contributed by atoms with van der Waals surface area (Å²) in [6.07, 6.45) is 1.66. The van der Waals surface area contributed by atoms with Gasteiger partial charge in [0, 0.05) is 54.9 Å². The molecule has 1 aliphatic carbocycles. The van der Waals surface area contributed by atoms with E-state index < -0.39 is 24.2 Å². The van der Waals surface area contributed by atoms with E-state index in [4.69, 9.17) is 14.7 Å². The van der Waals surface area contributed by atoms with Gasteiger partial charge in [-0.1, -0.05) is 6.07 Å². The first kappa shape index (κ1) is 34.0. The lowest BCUT2D eigenvalue weighted by Gasteiger charge is -2.41. The molecule has 0 amide bonds. The number of phenols is 1. The van der Waals surface area contributed by atoms with Crippen molar-refractivity contribution in [2.24, 2.45) is 18.4 Å². The molecule has 6 heterocycles. The van der Waals surface area contributed by atoms with Gasteiger partial charge in [-0.2, -0.15) is 32.1 Å². The number of fused-ring (bicyclic) bond motifs is 6. The summed E-state index contributed by atoms with van der Waals surface area (Å²) < 4.78 is 79.6. The van der Waals surface area contributed by atoms with E-state index in [2.05, 4.69) is 15.1 Å². The molecule has 276 valence electrons. The molecule has 8 nitrogen and oxygen atoms in total. The molecule has 5 aliphatic rings. The third kappa shape index (κ3) is 5.91. The van der Waals surface area contributed by atoms with Gasteiger partial charge in [0.2, 0.25) is 5.82 Å². The van der Waals surface area contributed by atoms with Crippen molar-refractivity contribution in [1.29, 1.82) is 0 Å². The summed E-state index contributed by atoms with van der Waals surface area (Å²) in [5, 5.41) is 16.3. The number of aromatic hydroxyl groups is 1. The SMILES string of the molecule is Cc1c(F)ccc2cc(O)cc(-c3c(F)c4nc(OCC5(CN6CCC(CC(F)(F)F)CC6)CC5)nc5c4c([n+]3C)CC[C@@H]3[C@@H]4CC[C@H](CN53)N4)c12. The fourth-order valence-electron chi connectivity index (χ4n) is 9.74. The smallest absolute Gasteiger partial charge is 0.389 e. The number of halogens is 5. The molecule has 52 heavy (non-hydrogen) atoms. The van der Waals surface area contributed by atoms with Crippen molar-refractivity contribution in [1.82, 2.24) is 20.2 Å². The molecule has 0 spiro atoms. The van der Waals surface area contributed by atoms with Crippen LogP contribution in [0.1, 0.15) is 62.6 Å². The number of piperazine rings is 1. The van der Waals surface area contributed by atoms with Crippen LogP contribution in [0.3, 0.4) is 0 Å². The van der Waals surface area contributed by atoms with Gasteiger partial charge in [0.25, 0.3) is 5.69 Å². The number of aromatic nitrogens is 3. The van der Waals surface area contributed by atoms with Crippen LogP contribution in [-0.2, 0) is 13.5 Å². The molecule has 4 fully saturated rings. The summed E-state index contributed by atoms with van der Waals surface area (Å²) in [6.45, 7) is 4.72. The topological polar surface area (TPSA) is 77.6 Å². The lowest BCUT2D eigenvalue weighted by atomic mass is 9.92. The van der Waals surface area contributed by atoms with Crippen molar-refractivity contribution >= 4 is 27.5 Å². The van der Waals surface area contributed by atoms with Crippen molar-refractivity contribution in [3.8, 4) is 23.0 Å². The van der Waals surface area contributed by atoms with E-state index in [0.717, 1.165) is 50.9 Å². The van der Waals surface area contributed by atoms with E-state index in [1.54, 1.807) is 19.1 Å². The van der Waals surface area contributed by atoms with Crippen LogP contribution in [0.4, 0.5) is 27.8 Å². The number of alkyl halides is 3. The molecular weight excluding hydrogens is 679 g/mol. The Labute approximate surface area is 299 Å². The Bertz CT molecular complexity index is 2080. The molecule has 4 aromatic rings. The van der Waals surface area contributed by atoms with Gasteiger partial charge in [0.1, 0.15) is 29.5 Å². The fourth-order valence-corrected chi connectivity index (χ4v) is 9.74. The normalized spacial score (nSPS) is 24.4. The van der Waals surface area contributed by atoms with Gasteiger partial charge in [0.05, 0.1) is 12.2 Å². The maximum absolute atomic E-state index is 17.4. The van der Waals surface area contributed by atoms with Crippen LogP contribution in [-0.4, -0.2) is 77.1 Å². The number of anilines is 1. The van der Waals surface area contributed by atoms with Gasteiger partial charge in [-0.25, -0.2) is 4.39 Å². The summed E-state index contributed by atoms with van der Waals surface area (Å²) in [6, 6.07) is 6.85. The number of likely N-dealkylation sites (tertiary alicyclic amines) is 1. The number of pyridine rings is 1. The van der Waals surface area contributed by atoms with E-state index in [-0.39, 0.29) is 46.4 Å². The second-order valence-corrected chi connectivity index (χ2v) is 16.1. The lowest BCUT2D eigenvalue weighted by molar-refractivity contribution is -0.667.